The number of hydrogen-bond donors (Lipinski definition) is 0. The Kier molecular flexibility index (Phi) is 4.90. The van der Waals surface area contributed by atoms with E-state index in [1.807, 2.05) is 11.9 Å². The number of amides is 2. The molecule has 2 saturated heterocycles. The Bertz CT molecular complexity index is 623. The van der Waals surface area contributed by atoms with Gasteiger partial charge in [-0.25, -0.2) is 0 Å². The van der Waals surface area contributed by atoms with Gasteiger partial charge < -0.3 is 14.5 Å². The average molecular weight is 330 g/mol. The van der Waals surface area contributed by atoms with Crippen LogP contribution in [0.3, 0.4) is 0 Å². The lowest BCUT2D eigenvalue weighted by Crippen LogP contribution is -2.45. The number of benzene rings is 1. The molecule has 5 nitrogen and oxygen atoms in total. The van der Waals surface area contributed by atoms with Crippen LogP contribution in [0.1, 0.15) is 23.1 Å². The van der Waals surface area contributed by atoms with Gasteiger partial charge in [0, 0.05) is 26.6 Å². The van der Waals surface area contributed by atoms with Crippen molar-refractivity contribution in [3.8, 4) is 0 Å². The van der Waals surface area contributed by atoms with Gasteiger partial charge in [0.15, 0.2) is 0 Å². The van der Waals surface area contributed by atoms with E-state index in [4.69, 9.17) is 4.74 Å². The molecular formula is C19H26N2O3. The lowest BCUT2D eigenvalue weighted by molar-refractivity contribution is -0.134. The summed E-state index contributed by atoms with van der Waals surface area (Å²) in [7, 11) is 1.82. The summed E-state index contributed by atoms with van der Waals surface area (Å²) in [6.07, 6.45) is 1.23. The summed E-state index contributed by atoms with van der Waals surface area (Å²) in [5.41, 5.74) is 3.66. The summed E-state index contributed by atoms with van der Waals surface area (Å²) in [5, 5.41) is 0. The van der Waals surface area contributed by atoms with Crippen molar-refractivity contribution in [3.05, 3.63) is 34.9 Å². The van der Waals surface area contributed by atoms with Crippen LogP contribution in [0.5, 0.6) is 0 Å². The topological polar surface area (TPSA) is 49.9 Å². The van der Waals surface area contributed by atoms with E-state index < -0.39 is 0 Å². The molecule has 5 heteroatoms. The van der Waals surface area contributed by atoms with Crippen LogP contribution in [0, 0.1) is 19.8 Å². The number of hydrogen-bond acceptors (Lipinski definition) is 3. The van der Waals surface area contributed by atoms with E-state index in [-0.39, 0.29) is 23.8 Å². The van der Waals surface area contributed by atoms with Crippen molar-refractivity contribution in [3.63, 3.8) is 0 Å². The third-order valence-electron chi connectivity index (χ3n) is 5.01. The van der Waals surface area contributed by atoms with Crippen molar-refractivity contribution in [1.29, 1.82) is 0 Å². The van der Waals surface area contributed by atoms with Crippen LogP contribution in [-0.2, 0) is 20.7 Å². The molecule has 24 heavy (non-hydrogen) atoms. The van der Waals surface area contributed by atoms with E-state index in [1.54, 1.807) is 4.90 Å². The number of fused-ring (bicyclic) bond motifs is 3. The second kappa shape index (κ2) is 6.93. The zero-order valence-electron chi connectivity index (χ0n) is 14.7. The number of aryl methyl sites for hydroxylation is 3. The highest BCUT2D eigenvalue weighted by atomic mass is 16.5. The van der Waals surface area contributed by atoms with E-state index in [0.29, 0.717) is 32.7 Å². The lowest BCUT2D eigenvalue weighted by Gasteiger charge is -2.29. The maximum absolute atomic E-state index is 12.7. The van der Waals surface area contributed by atoms with Crippen molar-refractivity contribution in [2.45, 2.75) is 32.7 Å². The summed E-state index contributed by atoms with van der Waals surface area (Å²) >= 11 is 0. The van der Waals surface area contributed by atoms with Gasteiger partial charge in [-0.2, -0.15) is 0 Å². The highest BCUT2D eigenvalue weighted by Gasteiger charge is 2.38. The molecule has 2 aliphatic rings. The van der Waals surface area contributed by atoms with Crippen molar-refractivity contribution in [2.75, 3.05) is 33.4 Å². The van der Waals surface area contributed by atoms with Crippen LogP contribution in [0.2, 0.25) is 0 Å². The summed E-state index contributed by atoms with van der Waals surface area (Å²) in [5.74, 6) is 0.00364. The second-order valence-electron chi connectivity index (χ2n) is 7.13. The Hall–Kier alpha value is -1.88. The molecule has 2 amide bonds. The van der Waals surface area contributed by atoms with Crippen molar-refractivity contribution in [1.82, 2.24) is 9.80 Å². The van der Waals surface area contributed by atoms with E-state index in [1.165, 1.54) is 16.7 Å². The molecule has 2 heterocycles. The van der Waals surface area contributed by atoms with Gasteiger partial charge >= 0.3 is 0 Å². The first kappa shape index (κ1) is 17.0. The van der Waals surface area contributed by atoms with Gasteiger partial charge in [-0.15, -0.1) is 0 Å². The standard InChI is InChI=1S/C19H26N2O3/c1-13-6-14(2)8-15(7-13)4-5-18(22)21-9-16-11-24-12-17(10-21)20(3)19(16)23/h6-8,16-17H,4-5,9-12H2,1-3H3/t16-,17+/m1/s1. The van der Waals surface area contributed by atoms with Gasteiger partial charge in [-0.05, 0) is 25.8 Å². The molecule has 1 aromatic carbocycles. The Morgan fingerprint density at radius 3 is 2.58 bits per heavy atom. The fourth-order valence-electron chi connectivity index (χ4n) is 3.72. The highest BCUT2D eigenvalue weighted by molar-refractivity contribution is 5.82. The summed E-state index contributed by atoms with van der Waals surface area (Å²) in [4.78, 5) is 28.7. The Morgan fingerprint density at radius 2 is 1.88 bits per heavy atom. The van der Waals surface area contributed by atoms with Crippen LogP contribution in [0.15, 0.2) is 18.2 Å². The maximum Gasteiger partial charge on any atom is 0.229 e. The number of carbonyl (C=O) groups excluding carboxylic acids is 2. The second-order valence-corrected chi connectivity index (χ2v) is 7.13. The fraction of sp³-hybridized carbons (Fsp3) is 0.579. The molecule has 2 aliphatic heterocycles. The van der Waals surface area contributed by atoms with Crippen LogP contribution >= 0.6 is 0 Å². The van der Waals surface area contributed by atoms with E-state index in [2.05, 4.69) is 32.0 Å². The molecule has 2 atom stereocenters. The minimum absolute atomic E-state index is 0.0323. The molecule has 0 N–H and O–H groups in total. The lowest BCUT2D eigenvalue weighted by atomic mass is 10.0. The molecule has 130 valence electrons. The number of rotatable bonds is 3. The van der Waals surface area contributed by atoms with Crippen LogP contribution in [0.4, 0.5) is 0 Å². The Morgan fingerprint density at radius 1 is 1.17 bits per heavy atom. The minimum Gasteiger partial charge on any atom is -0.378 e. The maximum atomic E-state index is 12.7. The molecule has 1 aromatic rings. The van der Waals surface area contributed by atoms with Crippen LogP contribution in [0.25, 0.3) is 0 Å². The van der Waals surface area contributed by atoms with E-state index >= 15 is 0 Å². The Labute approximate surface area is 143 Å². The van der Waals surface area contributed by atoms with Gasteiger partial charge in [0.25, 0.3) is 0 Å². The number of carbonyl (C=O) groups is 2. The van der Waals surface area contributed by atoms with Crippen molar-refractivity contribution in [2.24, 2.45) is 5.92 Å². The quantitative estimate of drug-likeness (QED) is 0.845. The molecule has 0 unspecified atom stereocenters. The summed E-state index contributed by atoms with van der Waals surface area (Å²) < 4.78 is 5.59. The minimum atomic E-state index is -0.229. The third-order valence-corrected chi connectivity index (χ3v) is 5.01. The zero-order valence-corrected chi connectivity index (χ0v) is 14.7. The smallest absolute Gasteiger partial charge is 0.229 e. The summed E-state index contributed by atoms with van der Waals surface area (Å²) in [6, 6.07) is 6.39. The molecule has 0 radical (unpaired) electrons. The number of likely N-dealkylation sites (N-methyl/N-ethyl adjacent to an activating group) is 1. The molecule has 0 saturated carbocycles. The van der Waals surface area contributed by atoms with E-state index in [9.17, 15) is 9.59 Å². The monoisotopic (exact) mass is 330 g/mol. The molecule has 0 spiro atoms. The number of nitrogens with zero attached hydrogens (tertiary/aromatic N) is 2. The van der Waals surface area contributed by atoms with Gasteiger partial charge in [0.1, 0.15) is 0 Å². The molecule has 2 bridgehead atoms. The third kappa shape index (κ3) is 3.61. The molecule has 3 rings (SSSR count). The largest absolute Gasteiger partial charge is 0.378 e. The van der Waals surface area contributed by atoms with Crippen LogP contribution in [-0.4, -0.2) is 61.0 Å². The predicted molar refractivity (Wildman–Crippen MR) is 91.7 cm³/mol. The first-order chi connectivity index (χ1) is 11.4. The van der Waals surface area contributed by atoms with E-state index in [0.717, 1.165) is 6.42 Å². The van der Waals surface area contributed by atoms with Crippen molar-refractivity contribution < 1.29 is 14.3 Å². The number of ether oxygens (including phenoxy) is 1. The van der Waals surface area contributed by atoms with Gasteiger partial charge in [0.2, 0.25) is 11.8 Å². The molecule has 2 fully saturated rings. The van der Waals surface area contributed by atoms with Gasteiger partial charge in [-0.1, -0.05) is 29.3 Å². The zero-order chi connectivity index (χ0) is 17.3. The molecule has 0 aliphatic carbocycles. The highest BCUT2D eigenvalue weighted by Crippen LogP contribution is 2.20. The Balaban J connectivity index is 1.65. The molecule has 0 aromatic heterocycles. The first-order valence-corrected chi connectivity index (χ1v) is 8.63. The first-order valence-electron chi connectivity index (χ1n) is 8.63. The fourth-order valence-corrected chi connectivity index (χ4v) is 3.72. The van der Waals surface area contributed by atoms with Crippen LogP contribution < -0.4 is 0 Å². The van der Waals surface area contributed by atoms with Gasteiger partial charge in [0.05, 0.1) is 25.2 Å². The normalized spacial score (nSPS) is 24.0. The summed E-state index contributed by atoms with van der Waals surface area (Å²) in [6.45, 7) is 6.14. The SMILES string of the molecule is Cc1cc(C)cc(CCC(=O)N2C[C@@H]3COC[C@H](C2)N(C)C3=O)c1. The van der Waals surface area contributed by atoms with Gasteiger partial charge in [-0.3, -0.25) is 9.59 Å². The average Bonchev–Trinajstić information content (AvgIpc) is 2.69. The predicted octanol–water partition coefficient (Wildman–Crippen LogP) is 1.55. The molecular weight excluding hydrogens is 304 g/mol. The van der Waals surface area contributed by atoms with Crippen molar-refractivity contribution >= 4 is 11.8 Å².